The molecule has 0 spiro atoms. The third-order valence-electron chi connectivity index (χ3n) is 10.00. The Morgan fingerprint density at radius 3 is 1.57 bits per heavy atom. The van der Waals surface area contributed by atoms with Gasteiger partial charge in [-0.05, 0) is 101 Å². The summed E-state index contributed by atoms with van der Waals surface area (Å²) in [6, 6.07) is 70.3. The van der Waals surface area contributed by atoms with Crippen molar-refractivity contribution in [3.8, 4) is 27.9 Å². The molecule has 0 aliphatic rings. The average Bonchev–Trinajstić information content (AvgIpc) is 3.74. The average molecular weight is 669 g/mol. The van der Waals surface area contributed by atoms with E-state index in [0.717, 1.165) is 17.1 Å². The lowest BCUT2D eigenvalue weighted by Crippen LogP contribution is -2.09. The van der Waals surface area contributed by atoms with Gasteiger partial charge in [0.05, 0.1) is 11.0 Å². The predicted octanol–water partition coefficient (Wildman–Crippen LogP) is 14.0. The lowest BCUT2D eigenvalue weighted by atomic mass is 10.0. The molecule has 0 N–H and O–H groups in total. The van der Waals surface area contributed by atoms with Crippen LogP contribution in [0.25, 0.3) is 69.9 Å². The first-order chi connectivity index (χ1) is 25.3. The first kappa shape index (κ1) is 29.5. The van der Waals surface area contributed by atoms with Gasteiger partial charge in [0.2, 0.25) is 0 Å². The predicted molar refractivity (Wildman–Crippen MR) is 219 cm³/mol. The van der Waals surface area contributed by atoms with E-state index >= 15 is 0 Å². The Labute approximate surface area is 300 Å². The molecular weight excluding hydrogens is 637 g/mol. The second-order valence-corrected chi connectivity index (χ2v) is 14.1. The fraction of sp³-hybridized carbons (Fsp3) is 0. The van der Waals surface area contributed by atoms with E-state index in [2.05, 4.69) is 204 Å². The molecule has 240 valence electrons. The van der Waals surface area contributed by atoms with E-state index in [0.29, 0.717) is 0 Å². The molecule has 2 aromatic heterocycles. The third-order valence-corrected chi connectivity index (χ3v) is 11.1. The Morgan fingerprint density at radius 1 is 0.333 bits per heavy atom. The van der Waals surface area contributed by atoms with Crippen LogP contribution in [0.5, 0.6) is 0 Å². The lowest BCUT2D eigenvalue weighted by molar-refractivity contribution is 1.18. The van der Waals surface area contributed by atoms with E-state index in [1.807, 2.05) is 11.3 Å². The van der Waals surface area contributed by atoms with Gasteiger partial charge >= 0.3 is 0 Å². The summed E-state index contributed by atoms with van der Waals surface area (Å²) < 4.78 is 5.02. The molecule has 0 bridgehead atoms. The number of nitrogens with zero attached hydrogens (tertiary/aromatic N) is 2. The van der Waals surface area contributed by atoms with Crippen LogP contribution in [0.4, 0.5) is 17.1 Å². The zero-order valence-corrected chi connectivity index (χ0v) is 28.6. The van der Waals surface area contributed by atoms with Crippen LogP contribution < -0.4 is 4.90 Å². The largest absolute Gasteiger partial charge is 0.311 e. The van der Waals surface area contributed by atoms with Crippen molar-refractivity contribution in [2.75, 3.05) is 4.90 Å². The van der Waals surface area contributed by atoms with Crippen LogP contribution in [0.2, 0.25) is 0 Å². The van der Waals surface area contributed by atoms with E-state index in [9.17, 15) is 0 Å². The first-order valence-corrected chi connectivity index (χ1v) is 18.2. The molecule has 0 atom stereocenters. The molecule has 51 heavy (non-hydrogen) atoms. The zero-order chi connectivity index (χ0) is 33.7. The van der Waals surface area contributed by atoms with Gasteiger partial charge in [0, 0.05) is 53.7 Å². The van der Waals surface area contributed by atoms with Gasteiger partial charge in [-0.3, -0.25) is 0 Å². The normalized spacial score (nSPS) is 11.5. The highest BCUT2D eigenvalue weighted by Crippen LogP contribution is 2.40. The molecule has 0 aliphatic carbocycles. The fourth-order valence-electron chi connectivity index (χ4n) is 7.54. The SMILES string of the molecule is c1ccc(N(c2ccc(-c3ccc4c(c3)sc3ccccc34)cc2)c2ccc(-c3ccc4c(c3)c3ccccc3n4-c3ccccc3)cc2)cc1. The van der Waals surface area contributed by atoms with Gasteiger partial charge < -0.3 is 9.47 Å². The number of fused-ring (bicyclic) bond motifs is 6. The van der Waals surface area contributed by atoms with E-state index < -0.39 is 0 Å². The van der Waals surface area contributed by atoms with Gasteiger partial charge in [-0.2, -0.15) is 0 Å². The van der Waals surface area contributed by atoms with Crippen molar-refractivity contribution >= 4 is 70.4 Å². The molecule has 0 saturated heterocycles. The molecule has 2 heterocycles. The molecule has 10 aromatic rings. The molecule has 0 aliphatic heterocycles. The minimum absolute atomic E-state index is 1.12. The zero-order valence-electron chi connectivity index (χ0n) is 27.8. The number of hydrogen-bond acceptors (Lipinski definition) is 2. The Balaban J connectivity index is 1.00. The van der Waals surface area contributed by atoms with E-state index in [1.165, 1.54) is 69.9 Å². The first-order valence-electron chi connectivity index (χ1n) is 17.3. The van der Waals surface area contributed by atoms with Crippen LogP contribution in [-0.4, -0.2) is 4.57 Å². The standard InChI is InChI=1S/C48H32N2S/c1-3-11-37(12-4-1)49(40-27-21-34(22-28-40)36-23-29-43-42-16-8-10-18-47(42)51-48(43)32-36)39-25-19-33(20-26-39)35-24-30-46-44(31-35)41-15-7-9-17-45(41)50(46)38-13-5-2-6-14-38/h1-32H. The van der Waals surface area contributed by atoms with Crippen molar-refractivity contribution in [2.24, 2.45) is 0 Å². The van der Waals surface area contributed by atoms with Crippen molar-refractivity contribution in [1.29, 1.82) is 0 Å². The van der Waals surface area contributed by atoms with E-state index in [4.69, 9.17) is 0 Å². The molecule has 3 heteroatoms. The summed E-state index contributed by atoms with van der Waals surface area (Å²) in [6.45, 7) is 0. The molecule has 0 fully saturated rings. The highest BCUT2D eigenvalue weighted by Gasteiger charge is 2.16. The number of benzene rings is 8. The maximum Gasteiger partial charge on any atom is 0.0541 e. The fourth-order valence-corrected chi connectivity index (χ4v) is 8.69. The minimum atomic E-state index is 1.12. The summed E-state index contributed by atoms with van der Waals surface area (Å²) in [5.74, 6) is 0. The topological polar surface area (TPSA) is 8.17 Å². The molecule has 0 saturated carbocycles. The second-order valence-electron chi connectivity index (χ2n) is 13.0. The van der Waals surface area contributed by atoms with Crippen molar-refractivity contribution in [2.45, 2.75) is 0 Å². The van der Waals surface area contributed by atoms with Crippen LogP contribution in [0, 0.1) is 0 Å². The Kier molecular flexibility index (Phi) is 7.04. The maximum absolute atomic E-state index is 2.36. The Bertz CT molecular complexity index is 2830. The summed E-state index contributed by atoms with van der Waals surface area (Å²) in [4.78, 5) is 2.33. The van der Waals surface area contributed by atoms with Crippen molar-refractivity contribution in [1.82, 2.24) is 4.57 Å². The lowest BCUT2D eigenvalue weighted by Gasteiger charge is -2.26. The molecule has 0 amide bonds. The van der Waals surface area contributed by atoms with Gasteiger partial charge in [0.25, 0.3) is 0 Å². The summed E-state index contributed by atoms with van der Waals surface area (Å²) in [6.07, 6.45) is 0. The number of aromatic nitrogens is 1. The molecule has 10 rings (SSSR count). The van der Waals surface area contributed by atoms with Crippen molar-refractivity contribution in [3.05, 3.63) is 194 Å². The second kappa shape index (κ2) is 12.2. The van der Waals surface area contributed by atoms with Crippen LogP contribution >= 0.6 is 11.3 Å². The molecule has 2 nitrogen and oxygen atoms in total. The number of rotatable bonds is 6. The van der Waals surface area contributed by atoms with Crippen molar-refractivity contribution in [3.63, 3.8) is 0 Å². The van der Waals surface area contributed by atoms with E-state index in [1.54, 1.807) is 0 Å². The van der Waals surface area contributed by atoms with Gasteiger partial charge in [-0.1, -0.05) is 115 Å². The number of anilines is 3. The molecular formula is C48H32N2S. The van der Waals surface area contributed by atoms with Gasteiger partial charge in [-0.15, -0.1) is 11.3 Å². The summed E-state index contributed by atoms with van der Waals surface area (Å²) in [5, 5.41) is 5.18. The summed E-state index contributed by atoms with van der Waals surface area (Å²) >= 11 is 1.86. The Morgan fingerprint density at radius 2 is 0.843 bits per heavy atom. The van der Waals surface area contributed by atoms with Gasteiger partial charge in [-0.25, -0.2) is 0 Å². The summed E-state index contributed by atoms with van der Waals surface area (Å²) in [7, 11) is 0. The van der Waals surface area contributed by atoms with Gasteiger partial charge in [0.1, 0.15) is 0 Å². The molecule has 0 unspecified atom stereocenters. The quantitative estimate of drug-likeness (QED) is 0.171. The van der Waals surface area contributed by atoms with Crippen molar-refractivity contribution < 1.29 is 0 Å². The van der Waals surface area contributed by atoms with E-state index in [-0.39, 0.29) is 0 Å². The van der Waals surface area contributed by atoms with Crippen LogP contribution in [0.3, 0.4) is 0 Å². The van der Waals surface area contributed by atoms with Crippen LogP contribution in [-0.2, 0) is 0 Å². The maximum atomic E-state index is 2.36. The monoisotopic (exact) mass is 668 g/mol. The number of hydrogen-bond donors (Lipinski definition) is 0. The Hall–Kier alpha value is -6.42. The summed E-state index contributed by atoms with van der Waals surface area (Å²) in [5.41, 5.74) is 11.8. The number of thiophene rings is 1. The molecule has 0 radical (unpaired) electrons. The minimum Gasteiger partial charge on any atom is -0.311 e. The van der Waals surface area contributed by atoms with Crippen LogP contribution in [0.15, 0.2) is 194 Å². The smallest absolute Gasteiger partial charge is 0.0541 e. The van der Waals surface area contributed by atoms with Gasteiger partial charge in [0.15, 0.2) is 0 Å². The highest BCUT2D eigenvalue weighted by atomic mass is 32.1. The number of para-hydroxylation sites is 3. The van der Waals surface area contributed by atoms with Crippen LogP contribution in [0.1, 0.15) is 0 Å². The third kappa shape index (κ3) is 5.10. The molecule has 8 aromatic carbocycles. The highest BCUT2D eigenvalue weighted by molar-refractivity contribution is 7.25.